The van der Waals surface area contributed by atoms with Crippen LogP contribution in [0.1, 0.15) is 59.2 Å². The van der Waals surface area contributed by atoms with Gasteiger partial charge in [-0.15, -0.1) is 0 Å². The molecule has 1 aliphatic carbocycles. The van der Waals surface area contributed by atoms with E-state index in [-0.39, 0.29) is 11.7 Å². The minimum absolute atomic E-state index is 0.313. The van der Waals surface area contributed by atoms with Crippen LogP contribution in [-0.2, 0) is 14.4 Å². The summed E-state index contributed by atoms with van der Waals surface area (Å²) in [5, 5.41) is 12.1. The Balaban J connectivity index is 0.671. The van der Waals surface area contributed by atoms with Gasteiger partial charge in [-0.2, -0.15) is 0 Å². The number of aromatic nitrogens is 1. The molecule has 356 valence electrons. The van der Waals surface area contributed by atoms with Crippen LogP contribution in [0.25, 0.3) is 10.9 Å². The van der Waals surface area contributed by atoms with Gasteiger partial charge in [-0.05, 0) is 123 Å². The lowest BCUT2D eigenvalue weighted by Gasteiger charge is -2.39. The summed E-state index contributed by atoms with van der Waals surface area (Å²) in [5.74, 6) is -1.50. The van der Waals surface area contributed by atoms with Crippen LogP contribution in [0.5, 0.6) is 11.5 Å². The smallest absolute Gasteiger partial charge is 0.264 e. The first kappa shape index (κ1) is 45.5. The van der Waals surface area contributed by atoms with Gasteiger partial charge < -0.3 is 35.8 Å². The van der Waals surface area contributed by atoms with Gasteiger partial charge in [-0.25, -0.2) is 8.78 Å². The number of hydrogen-bond acceptors (Lipinski definition) is 11. The molecule has 0 bridgehead atoms. The van der Waals surface area contributed by atoms with Crippen molar-refractivity contribution in [3.63, 3.8) is 0 Å². The van der Waals surface area contributed by atoms with E-state index in [1.807, 2.05) is 6.07 Å². The predicted molar refractivity (Wildman–Crippen MR) is 257 cm³/mol. The van der Waals surface area contributed by atoms with Crippen molar-refractivity contribution < 1.29 is 37.5 Å². The van der Waals surface area contributed by atoms with Crippen LogP contribution in [0, 0.1) is 23.0 Å². The first-order chi connectivity index (χ1) is 33.4. The Labute approximate surface area is 397 Å². The third kappa shape index (κ3) is 9.48. The predicted octanol–water partition coefficient (Wildman–Crippen LogP) is 7.00. The summed E-state index contributed by atoms with van der Waals surface area (Å²) in [5.41, 5.74) is 2.65. The average Bonchev–Trinajstić information content (AvgIpc) is 4.13. The van der Waals surface area contributed by atoms with Crippen molar-refractivity contribution in [2.24, 2.45) is 11.3 Å². The molecule has 10 rings (SSSR count). The number of anilines is 4. The van der Waals surface area contributed by atoms with E-state index in [4.69, 9.17) is 4.74 Å². The molecule has 0 radical (unpaired) electrons. The summed E-state index contributed by atoms with van der Waals surface area (Å²) in [6, 6.07) is 21.4. The lowest BCUT2D eigenvalue weighted by atomic mass is 9.95. The first-order valence-electron chi connectivity index (χ1n) is 23.6. The van der Waals surface area contributed by atoms with Crippen molar-refractivity contribution in [2.75, 3.05) is 79.8 Å². The molecule has 5 aromatic rings. The number of ether oxygens (including phenoxy) is 1. The SMILES string of the molecule is C=C1CC[C@H](N2C(=O)c3cccc(NCCN4CCN(CC5CCN(c6cc7nccc(Oc8ccc(NC(=O)C9(C(=O)Nc%10ccc(F)cc%10)CC9)cc8)c7cc6F)CC5)CC4)c3C2=O)C(=O)N1. The standard InChI is InChI=1S/C52H53F2N9O6/c1-32-5-14-43(47(64)57-32)63-48(65)38-3-2-4-41(46(38)49(63)66)56-21-24-60-25-27-61(28-26-60)31-33-16-22-62(23-17-33)44-30-42-39(29-40(44)54)45(15-20-55-42)69-37-12-10-36(11-13-37)59-51(68)52(18-19-52)50(67)58-35-8-6-34(53)7-9-35/h2-4,6-13,15,20,29-30,33,43,56H,1,5,14,16-19,21-28,31H2,(H,57,64)(H,58,67)(H,59,68)/t43-/m0/s1. The monoisotopic (exact) mass is 937 g/mol. The second-order valence-electron chi connectivity index (χ2n) is 18.6. The molecule has 4 aliphatic heterocycles. The minimum atomic E-state index is -1.19. The molecular formula is C52H53F2N9O6. The van der Waals surface area contributed by atoms with Gasteiger partial charge in [-0.3, -0.25) is 38.8 Å². The van der Waals surface area contributed by atoms with Crippen LogP contribution in [0.2, 0.25) is 0 Å². The maximum absolute atomic E-state index is 15.9. The Bertz CT molecular complexity index is 2840. The number of imide groups is 1. The van der Waals surface area contributed by atoms with Gasteiger partial charge in [0.1, 0.15) is 34.6 Å². The lowest BCUT2D eigenvalue weighted by Crippen LogP contribution is -2.51. The number of carbonyl (C=O) groups excluding carboxylic acids is 5. The number of allylic oxidation sites excluding steroid dienone is 1. The third-order valence-electron chi connectivity index (χ3n) is 14.1. The number of piperidine rings is 2. The summed E-state index contributed by atoms with van der Waals surface area (Å²) >= 11 is 0. The number of pyridine rings is 1. The van der Waals surface area contributed by atoms with Gasteiger partial charge in [0.05, 0.1) is 22.3 Å². The third-order valence-corrected chi connectivity index (χ3v) is 14.1. The maximum atomic E-state index is 15.9. The summed E-state index contributed by atoms with van der Waals surface area (Å²) in [6.45, 7) is 11.3. The molecule has 1 saturated carbocycles. The number of amides is 5. The highest BCUT2D eigenvalue weighted by Crippen LogP contribution is 2.48. The summed E-state index contributed by atoms with van der Waals surface area (Å²) in [7, 11) is 0. The minimum Gasteiger partial charge on any atom is -0.457 e. The van der Waals surface area contributed by atoms with E-state index in [9.17, 15) is 28.4 Å². The second-order valence-corrected chi connectivity index (χ2v) is 18.6. The largest absolute Gasteiger partial charge is 0.457 e. The maximum Gasteiger partial charge on any atom is 0.264 e. The lowest BCUT2D eigenvalue weighted by molar-refractivity contribution is -0.131. The number of benzene rings is 4. The fourth-order valence-electron chi connectivity index (χ4n) is 9.92. The van der Waals surface area contributed by atoms with E-state index in [0.717, 1.165) is 70.1 Å². The second kappa shape index (κ2) is 19.0. The molecule has 5 amide bonds. The molecule has 1 aromatic heterocycles. The molecule has 4 fully saturated rings. The van der Waals surface area contributed by atoms with E-state index < -0.39 is 40.9 Å². The average molecular weight is 938 g/mol. The molecule has 0 unspecified atom stereocenters. The van der Waals surface area contributed by atoms with E-state index in [2.05, 4.69) is 47.5 Å². The molecule has 4 N–H and O–H groups in total. The molecule has 69 heavy (non-hydrogen) atoms. The molecule has 0 spiro atoms. The zero-order valence-corrected chi connectivity index (χ0v) is 38.1. The number of halogens is 2. The number of rotatable bonds is 14. The molecule has 17 heteroatoms. The van der Waals surface area contributed by atoms with Gasteiger partial charge in [0.25, 0.3) is 11.8 Å². The van der Waals surface area contributed by atoms with Gasteiger partial charge in [0, 0.05) is 93.2 Å². The van der Waals surface area contributed by atoms with Crippen molar-refractivity contribution in [1.82, 2.24) is 25.0 Å². The molecular weight excluding hydrogens is 885 g/mol. The van der Waals surface area contributed by atoms with E-state index >= 15 is 4.39 Å². The number of piperazine rings is 1. The van der Waals surface area contributed by atoms with Crippen LogP contribution in [0.4, 0.5) is 31.5 Å². The Morgan fingerprint density at radius 1 is 0.812 bits per heavy atom. The summed E-state index contributed by atoms with van der Waals surface area (Å²) in [6.07, 6.45) is 5.20. The Morgan fingerprint density at radius 3 is 2.17 bits per heavy atom. The highest BCUT2D eigenvalue weighted by Gasteiger charge is 2.56. The van der Waals surface area contributed by atoms with Crippen LogP contribution in [0.15, 0.2) is 103 Å². The van der Waals surface area contributed by atoms with Crippen molar-refractivity contribution in [3.05, 3.63) is 126 Å². The number of fused-ring (bicyclic) bond motifs is 2. The zero-order chi connectivity index (χ0) is 47.8. The highest BCUT2D eigenvalue weighted by molar-refractivity contribution is 6.25. The number of nitrogens with zero attached hydrogens (tertiary/aromatic N) is 5. The zero-order valence-electron chi connectivity index (χ0n) is 38.1. The molecule has 15 nitrogen and oxygen atoms in total. The van der Waals surface area contributed by atoms with E-state index in [1.165, 1.54) is 30.3 Å². The molecule has 5 aliphatic rings. The van der Waals surface area contributed by atoms with Crippen molar-refractivity contribution in [2.45, 2.75) is 44.6 Å². The Kier molecular flexibility index (Phi) is 12.6. The van der Waals surface area contributed by atoms with Crippen LogP contribution in [0.3, 0.4) is 0 Å². The van der Waals surface area contributed by atoms with Crippen LogP contribution < -0.4 is 30.9 Å². The van der Waals surface area contributed by atoms with Gasteiger partial charge in [-0.1, -0.05) is 12.6 Å². The Morgan fingerprint density at radius 2 is 1.49 bits per heavy atom. The fourth-order valence-corrected chi connectivity index (χ4v) is 9.92. The van der Waals surface area contributed by atoms with E-state index in [0.29, 0.717) is 100 Å². The number of hydrogen-bond donors (Lipinski definition) is 4. The van der Waals surface area contributed by atoms with Crippen LogP contribution >= 0.6 is 0 Å². The van der Waals surface area contributed by atoms with Crippen LogP contribution in [-0.4, -0.2) is 114 Å². The van der Waals surface area contributed by atoms with Crippen molar-refractivity contribution in [3.8, 4) is 11.5 Å². The Hall–Kier alpha value is -7.24. The molecule has 4 aromatic carbocycles. The number of carbonyl (C=O) groups is 5. The van der Waals surface area contributed by atoms with Gasteiger partial charge in [0.15, 0.2) is 0 Å². The quantitative estimate of drug-likeness (QED) is 0.0669. The number of nitrogens with one attached hydrogen (secondary N) is 4. The van der Waals surface area contributed by atoms with Crippen molar-refractivity contribution >= 4 is 63.2 Å². The van der Waals surface area contributed by atoms with Gasteiger partial charge >= 0.3 is 0 Å². The molecule has 5 heterocycles. The normalized spacial score (nSPS) is 19.6. The fraction of sp³-hybridized carbons (Fsp3) is 0.346. The van der Waals surface area contributed by atoms with Crippen molar-refractivity contribution in [1.29, 1.82) is 0 Å². The molecule has 3 saturated heterocycles. The summed E-state index contributed by atoms with van der Waals surface area (Å²) < 4.78 is 35.4. The van der Waals surface area contributed by atoms with Gasteiger partial charge in [0.2, 0.25) is 17.7 Å². The van der Waals surface area contributed by atoms with E-state index in [1.54, 1.807) is 54.7 Å². The topological polar surface area (TPSA) is 169 Å². The molecule has 1 atom stereocenters. The summed E-state index contributed by atoms with van der Waals surface area (Å²) in [4.78, 5) is 78.3. The first-order valence-corrected chi connectivity index (χ1v) is 23.6. The highest BCUT2D eigenvalue weighted by atomic mass is 19.1.